The zero-order valence-corrected chi connectivity index (χ0v) is 20.3. The Kier molecular flexibility index (Phi) is 5.53. The number of H-pyrrole nitrogens is 1. The van der Waals surface area contributed by atoms with Gasteiger partial charge >= 0.3 is 0 Å². The van der Waals surface area contributed by atoms with Crippen molar-refractivity contribution in [2.24, 2.45) is 5.92 Å². The first kappa shape index (κ1) is 22.4. The van der Waals surface area contributed by atoms with Gasteiger partial charge in [0.05, 0.1) is 21.8 Å². The molecular weight excluding hydrogens is 475 g/mol. The number of fused-ring (bicyclic) bond motifs is 2. The Morgan fingerprint density at radius 3 is 2.69 bits per heavy atom. The smallest absolute Gasteiger partial charge is 0.253 e. The number of aromatic nitrogens is 2. The molecule has 2 amide bonds. The number of nitrogens with zero attached hydrogens (tertiary/aromatic N) is 1. The molecule has 0 radical (unpaired) electrons. The molecule has 1 saturated carbocycles. The van der Waals surface area contributed by atoms with Crippen LogP contribution in [0.2, 0.25) is 0 Å². The molecule has 0 aliphatic heterocycles. The third-order valence-electron chi connectivity index (χ3n) is 6.52. The highest BCUT2D eigenvalue weighted by atomic mass is 32.1. The topological polar surface area (TPSA) is 86.9 Å². The molecule has 1 unspecified atom stereocenters. The Bertz CT molecular complexity index is 1640. The SMILES string of the molecule is CC(NC(=O)c1c[nH]c2ccc(-c3ccc4nc(NC(=O)C5CC5)sc4c3)cc12)c1cccc(F)c1. The normalized spacial score (nSPS) is 14.2. The highest BCUT2D eigenvalue weighted by molar-refractivity contribution is 7.22. The molecule has 8 heteroatoms. The summed E-state index contributed by atoms with van der Waals surface area (Å²) in [4.78, 5) is 32.9. The molecular formula is C28H23FN4O2S. The van der Waals surface area contributed by atoms with E-state index in [0.717, 1.165) is 45.1 Å². The maximum atomic E-state index is 13.6. The van der Waals surface area contributed by atoms with Crippen molar-refractivity contribution in [1.82, 2.24) is 15.3 Å². The van der Waals surface area contributed by atoms with E-state index in [-0.39, 0.29) is 29.6 Å². The fraction of sp³-hybridized carbons (Fsp3) is 0.179. The van der Waals surface area contributed by atoms with E-state index in [1.165, 1.54) is 23.5 Å². The Morgan fingerprint density at radius 2 is 1.89 bits per heavy atom. The molecule has 3 aromatic carbocycles. The molecule has 36 heavy (non-hydrogen) atoms. The summed E-state index contributed by atoms with van der Waals surface area (Å²) in [6.45, 7) is 1.83. The van der Waals surface area contributed by atoms with Crippen LogP contribution in [0.15, 0.2) is 66.9 Å². The number of halogens is 1. The van der Waals surface area contributed by atoms with Crippen LogP contribution in [-0.2, 0) is 4.79 Å². The van der Waals surface area contributed by atoms with Crippen molar-refractivity contribution in [2.75, 3.05) is 5.32 Å². The second-order valence-corrected chi connectivity index (χ2v) is 10.2. The number of hydrogen-bond acceptors (Lipinski definition) is 4. The largest absolute Gasteiger partial charge is 0.360 e. The van der Waals surface area contributed by atoms with Crippen molar-refractivity contribution >= 4 is 49.4 Å². The lowest BCUT2D eigenvalue weighted by atomic mass is 10.0. The van der Waals surface area contributed by atoms with Gasteiger partial charge in [0.15, 0.2) is 5.13 Å². The molecule has 1 aliphatic rings. The van der Waals surface area contributed by atoms with E-state index >= 15 is 0 Å². The first-order chi connectivity index (χ1) is 17.4. The summed E-state index contributed by atoms with van der Waals surface area (Å²) in [5.74, 6) is -0.390. The molecule has 1 fully saturated rings. The van der Waals surface area contributed by atoms with E-state index in [2.05, 4.69) is 26.7 Å². The van der Waals surface area contributed by atoms with Gasteiger partial charge < -0.3 is 15.6 Å². The van der Waals surface area contributed by atoms with E-state index in [1.807, 2.05) is 37.3 Å². The van der Waals surface area contributed by atoms with Crippen LogP contribution in [0.3, 0.4) is 0 Å². The van der Waals surface area contributed by atoms with Gasteiger partial charge in [0.25, 0.3) is 5.91 Å². The van der Waals surface area contributed by atoms with Gasteiger partial charge in [-0.25, -0.2) is 9.37 Å². The van der Waals surface area contributed by atoms with Crippen LogP contribution in [0.5, 0.6) is 0 Å². The lowest BCUT2D eigenvalue weighted by Crippen LogP contribution is -2.26. The number of benzene rings is 3. The predicted octanol–water partition coefficient (Wildman–Crippen LogP) is 6.42. The van der Waals surface area contributed by atoms with E-state index in [9.17, 15) is 14.0 Å². The molecule has 0 spiro atoms. The molecule has 1 aliphatic carbocycles. The monoisotopic (exact) mass is 498 g/mol. The second kappa shape index (κ2) is 8.87. The van der Waals surface area contributed by atoms with E-state index in [4.69, 9.17) is 0 Å². The first-order valence-corrected chi connectivity index (χ1v) is 12.7. The van der Waals surface area contributed by atoms with Crippen LogP contribution < -0.4 is 10.6 Å². The average Bonchev–Trinajstić information content (AvgIpc) is 3.52. The Hall–Kier alpha value is -4.04. The van der Waals surface area contributed by atoms with Gasteiger partial charge in [-0.05, 0) is 72.9 Å². The molecule has 6 nitrogen and oxygen atoms in total. The molecule has 1 atom stereocenters. The van der Waals surface area contributed by atoms with Crippen molar-refractivity contribution in [3.63, 3.8) is 0 Å². The van der Waals surface area contributed by atoms with Crippen LogP contribution in [0, 0.1) is 11.7 Å². The minimum absolute atomic E-state index is 0.0460. The number of carbonyl (C=O) groups is 2. The van der Waals surface area contributed by atoms with Crippen molar-refractivity contribution in [2.45, 2.75) is 25.8 Å². The number of rotatable bonds is 6. The lowest BCUT2D eigenvalue weighted by Gasteiger charge is -2.14. The van der Waals surface area contributed by atoms with Crippen molar-refractivity contribution in [1.29, 1.82) is 0 Å². The molecule has 0 bridgehead atoms. The standard InChI is InChI=1S/C28H23FN4O2S/c1-15(17-3-2-4-20(29)11-17)31-27(35)22-14-30-23-9-7-18(12-21(22)23)19-8-10-24-25(13-19)36-28(32-24)33-26(34)16-5-6-16/h2-4,7-16,30H,5-6H2,1H3,(H,31,35)(H,32,33,34). The second-order valence-electron chi connectivity index (χ2n) is 9.18. The maximum absolute atomic E-state index is 13.6. The zero-order valence-electron chi connectivity index (χ0n) is 19.5. The average molecular weight is 499 g/mol. The van der Waals surface area contributed by atoms with Gasteiger partial charge in [0.2, 0.25) is 5.91 Å². The summed E-state index contributed by atoms with van der Waals surface area (Å²) in [6, 6.07) is 17.8. The number of thiazole rings is 1. The molecule has 180 valence electrons. The third-order valence-corrected chi connectivity index (χ3v) is 7.46. The van der Waals surface area contributed by atoms with Gasteiger partial charge in [-0.15, -0.1) is 0 Å². The molecule has 3 N–H and O–H groups in total. The number of aromatic amines is 1. The summed E-state index contributed by atoms with van der Waals surface area (Å²) in [5.41, 5.74) is 4.88. The van der Waals surface area contributed by atoms with Gasteiger partial charge in [-0.1, -0.05) is 35.6 Å². The van der Waals surface area contributed by atoms with Crippen LogP contribution >= 0.6 is 11.3 Å². The number of carbonyl (C=O) groups excluding carboxylic acids is 2. The summed E-state index contributed by atoms with van der Waals surface area (Å²) in [6.07, 6.45) is 3.60. The summed E-state index contributed by atoms with van der Waals surface area (Å²) >= 11 is 1.46. The number of nitrogens with one attached hydrogen (secondary N) is 3. The quantitative estimate of drug-likeness (QED) is 0.252. The fourth-order valence-electron chi connectivity index (χ4n) is 4.33. The van der Waals surface area contributed by atoms with Gasteiger partial charge in [0, 0.05) is 23.0 Å². The van der Waals surface area contributed by atoms with Crippen molar-refractivity contribution in [3.8, 4) is 11.1 Å². The maximum Gasteiger partial charge on any atom is 0.253 e. The minimum atomic E-state index is -0.343. The van der Waals surface area contributed by atoms with Gasteiger partial charge in [0.1, 0.15) is 5.82 Å². The molecule has 2 aromatic heterocycles. The Balaban J connectivity index is 1.27. The number of amides is 2. The number of hydrogen-bond donors (Lipinski definition) is 3. The van der Waals surface area contributed by atoms with Crippen molar-refractivity contribution < 1.29 is 14.0 Å². The summed E-state index contributed by atoms with van der Waals surface area (Å²) in [7, 11) is 0. The third kappa shape index (κ3) is 4.35. The van der Waals surface area contributed by atoms with Gasteiger partial charge in [-0.3, -0.25) is 9.59 Å². The highest BCUT2D eigenvalue weighted by Crippen LogP contribution is 2.34. The summed E-state index contributed by atoms with van der Waals surface area (Å²) in [5, 5.41) is 7.31. The molecule has 2 heterocycles. The fourth-order valence-corrected chi connectivity index (χ4v) is 5.24. The lowest BCUT2D eigenvalue weighted by molar-refractivity contribution is -0.117. The van der Waals surface area contributed by atoms with Crippen molar-refractivity contribution in [3.05, 3.63) is 83.8 Å². The van der Waals surface area contributed by atoms with Crippen LogP contribution in [0.1, 0.15) is 41.7 Å². The summed E-state index contributed by atoms with van der Waals surface area (Å²) < 4.78 is 14.6. The highest BCUT2D eigenvalue weighted by Gasteiger charge is 2.30. The van der Waals surface area contributed by atoms with Crippen LogP contribution in [0.25, 0.3) is 32.2 Å². The minimum Gasteiger partial charge on any atom is -0.360 e. The van der Waals surface area contributed by atoms with Crippen LogP contribution in [-0.4, -0.2) is 21.8 Å². The first-order valence-electron chi connectivity index (χ1n) is 11.8. The molecule has 5 aromatic rings. The zero-order chi connectivity index (χ0) is 24.8. The Labute approximate surface area is 210 Å². The van der Waals surface area contributed by atoms with Crippen LogP contribution in [0.4, 0.5) is 9.52 Å². The molecule has 0 saturated heterocycles. The molecule has 6 rings (SSSR count). The van der Waals surface area contributed by atoms with E-state index < -0.39 is 0 Å². The Morgan fingerprint density at radius 1 is 1.08 bits per heavy atom. The van der Waals surface area contributed by atoms with Gasteiger partial charge in [-0.2, -0.15) is 0 Å². The van der Waals surface area contributed by atoms with E-state index in [0.29, 0.717) is 16.3 Å². The van der Waals surface area contributed by atoms with E-state index in [1.54, 1.807) is 18.3 Å². The predicted molar refractivity (Wildman–Crippen MR) is 141 cm³/mol. The number of anilines is 1.